The predicted octanol–water partition coefficient (Wildman–Crippen LogP) is 5.75. The summed E-state index contributed by atoms with van der Waals surface area (Å²) < 4.78 is 0. The lowest BCUT2D eigenvalue weighted by molar-refractivity contribution is 0.876. The van der Waals surface area contributed by atoms with Gasteiger partial charge in [-0.25, -0.2) is 9.97 Å². The van der Waals surface area contributed by atoms with Gasteiger partial charge < -0.3 is 10.3 Å². The summed E-state index contributed by atoms with van der Waals surface area (Å²) in [6.07, 6.45) is 3.88. The van der Waals surface area contributed by atoms with E-state index >= 15 is 0 Å². The second-order valence-electron chi connectivity index (χ2n) is 6.89. The van der Waals surface area contributed by atoms with Crippen molar-refractivity contribution in [2.45, 2.75) is 32.7 Å². The first-order chi connectivity index (χ1) is 13.2. The minimum atomic E-state index is 0.163. The molecule has 0 fully saturated rings. The van der Waals surface area contributed by atoms with E-state index in [0.29, 0.717) is 0 Å². The highest BCUT2D eigenvalue weighted by Gasteiger charge is 2.12. The number of benzene rings is 2. The molecular formula is C23H24N4. The molecule has 4 nitrogen and oxygen atoms in total. The lowest BCUT2D eigenvalue weighted by Gasteiger charge is -2.15. The smallest absolute Gasteiger partial charge is 0.143 e. The molecular weight excluding hydrogens is 332 g/mol. The second-order valence-corrected chi connectivity index (χ2v) is 6.89. The van der Waals surface area contributed by atoms with Crippen molar-refractivity contribution in [1.29, 1.82) is 0 Å². The van der Waals surface area contributed by atoms with Crippen LogP contribution >= 0.6 is 0 Å². The molecule has 0 saturated carbocycles. The quantitative estimate of drug-likeness (QED) is 0.462. The first-order valence-electron chi connectivity index (χ1n) is 9.49. The third-order valence-electron chi connectivity index (χ3n) is 4.88. The Labute approximate surface area is 159 Å². The van der Waals surface area contributed by atoms with E-state index < -0.39 is 0 Å². The number of H-pyrrole nitrogens is 1. The number of nitrogens with one attached hydrogen (secondary N) is 2. The summed E-state index contributed by atoms with van der Waals surface area (Å²) in [6.45, 7) is 4.35. The van der Waals surface area contributed by atoms with Crippen molar-refractivity contribution in [3.63, 3.8) is 0 Å². The Morgan fingerprint density at radius 1 is 1.00 bits per heavy atom. The van der Waals surface area contributed by atoms with Gasteiger partial charge in [0, 0.05) is 11.7 Å². The van der Waals surface area contributed by atoms with Crippen LogP contribution in [0.3, 0.4) is 0 Å². The second kappa shape index (κ2) is 7.62. The topological polar surface area (TPSA) is 53.6 Å². The number of fused-ring (bicyclic) bond motifs is 1. The zero-order valence-corrected chi connectivity index (χ0v) is 15.7. The lowest BCUT2D eigenvalue weighted by atomic mass is 10.1. The maximum Gasteiger partial charge on any atom is 0.143 e. The van der Waals surface area contributed by atoms with Crippen molar-refractivity contribution < 1.29 is 0 Å². The fourth-order valence-electron chi connectivity index (χ4n) is 3.38. The van der Waals surface area contributed by atoms with Crippen LogP contribution in [0, 0.1) is 0 Å². The molecule has 0 radical (unpaired) electrons. The summed E-state index contributed by atoms with van der Waals surface area (Å²) in [5.74, 6) is 0.849. The van der Waals surface area contributed by atoms with Crippen molar-refractivity contribution >= 4 is 16.9 Å². The van der Waals surface area contributed by atoms with Crippen LogP contribution in [0.4, 0.5) is 5.82 Å². The Hall–Kier alpha value is -3.14. The number of nitrogens with zero attached hydrogens (tertiary/aromatic N) is 2. The van der Waals surface area contributed by atoms with Gasteiger partial charge in [-0.1, -0.05) is 67.9 Å². The molecule has 2 aromatic heterocycles. The van der Waals surface area contributed by atoms with Gasteiger partial charge in [0.15, 0.2) is 0 Å². The molecule has 4 heteroatoms. The van der Waals surface area contributed by atoms with Crippen molar-refractivity contribution in [2.75, 3.05) is 5.32 Å². The SMILES string of the molecule is CCCc1ccc(-c2cc3c(N[C@H](C)c4ccccc4)ncnc3[nH]2)cc1. The third kappa shape index (κ3) is 3.70. The van der Waals surface area contributed by atoms with Crippen molar-refractivity contribution in [1.82, 2.24) is 15.0 Å². The van der Waals surface area contributed by atoms with Crippen LogP contribution in [0.2, 0.25) is 0 Å². The summed E-state index contributed by atoms with van der Waals surface area (Å²) in [5, 5.41) is 4.53. The maximum atomic E-state index is 4.48. The van der Waals surface area contributed by atoms with Gasteiger partial charge in [-0.2, -0.15) is 0 Å². The summed E-state index contributed by atoms with van der Waals surface area (Å²) in [4.78, 5) is 12.3. The van der Waals surface area contributed by atoms with Gasteiger partial charge in [0.25, 0.3) is 0 Å². The first kappa shape index (κ1) is 17.3. The fourth-order valence-corrected chi connectivity index (χ4v) is 3.38. The van der Waals surface area contributed by atoms with Crippen LogP contribution in [0.25, 0.3) is 22.3 Å². The Morgan fingerprint density at radius 3 is 2.52 bits per heavy atom. The van der Waals surface area contributed by atoms with E-state index in [1.165, 1.54) is 11.1 Å². The van der Waals surface area contributed by atoms with Crippen LogP contribution in [-0.4, -0.2) is 15.0 Å². The molecule has 4 aromatic rings. The van der Waals surface area contributed by atoms with Crippen LogP contribution in [0.15, 0.2) is 67.0 Å². The van der Waals surface area contributed by atoms with Gasteiger partial charge in [-0.3, -0.25) is 0 Å². The van der Waals surface area contributed by atoms with Crippen molar-refractivity contribution in [2.24, 2.45) is 0 Å². The van der Waals surface area contributed by atoms with Gasteiger partial charge in [0.05, 0.1) is 5.39 Å². The Kier molecular flexibility index (Phi) is 4.88. The van der Waals surface area contributed by atoms with Crippen molar-refractivity contribution in [3.8, 4) is 11.3 Å². The standard InChI is InChI=1S/C23H24N4/c1-3-7-17-10-12-19(13-11-17)21-14-20-22(24-15-25-23(20)27-21)26-16(2)18-8-5-4-6-9-18/h4-6,8-16H,3,7H2,1-2H3,(H2,24,25,26,27)/t16-/m1/s1. The molecule has 0 amide bonds. The molecule has 27 heavy (non-hydrogen) atoms. The largest absolute Gasteiger partial charge is 0.363 e. The van der Waals surface area contributed by atoms with Gasteiger partial charge in [-0.15, -0.1) is 0 Å². The Bertz CT molecular complexity index is 1020. The number of aromatic amines is 1. The molecule has 0 aliphatic carbocycles. The molecule has 0 saturated heterocycles. The van der Waals surface area contributed by atoms with Gasteiger partial charge in [0.2, 0.25) is 0 Å². The van der Waals surface area contributed by atoms with Gasteiger partial charge in [-0.05, 0) is 36.1 Å². The van der Waals surface area contributed by atoms with Crippen LogP contribution < -0.4 is 5.32 Å². The zero-order chi connectivity index (χ0) is 18.6. The summed E-state index contributed by atoms with van der Waals surface area (Å²) in [7, 11) is 0. The maximum absolute atomic E-state index is 4.48. The summed E-state index contributed by atoms with van der Waals surface area (Å²) in [5.41, 5.74) is 5.67. The highest BCUT2D eigenvalue weighted by Crippen LogP contribution is 2.29. The fraction of sp³-hybridized carbons (Fsp3) is 0.217. The van der Waals surface area contributed by atoms with E-state index in [2.05, 4.69) is 88.7 Å². The van der Waals surface area contributed by atoms with E-state index in [1.807, 2.05) is 6.07 Å². The summed E-state index contributed by atoms with van der Waals surface area (Å²) >= 11 is 0. The van der Waals surface area contributed by atoms with E-state index in [-0.39, 0.29) is 6.04 Å². The van der Waals surface area contributed by atoms with E-state index in [4.69, 9.17) is 0 Å². The molecule has 4 rings (SSSR count). The van der Waals surface area contributed by atoms with Crippen molar-refractivity contribution in [3.05, 3.63) is 78.1 Å². The molecule has 0 spiro atoms. The molecule has 0 unspecified atom stereocenters. The number of aromatic nitrogens is 3. The molecule has 2 heterocycles. The van der Waals surface area contributed by atoms with Gasteiger partial charge in [0.1, 0.15) is 17.8 Å². The summed E-state index contributed by atoms with van der Waals surface area (Å²) in [6, 6.07) is 21.4. The molecule has 2 aromatic carbocycles. The first-order valence-corrected chi connectivity index (χ1v) is 9.49. The van der Waals surface area contributed by atoms with E-state index in [1.54, 1.807) is 6.33 Å². The average Bonchev–Trinajstić information content (AvgIpc) is 3.15. The Morgan fingerprint density at radius 2 is 1.78 bits per heavy atom. The molecule has 1 atom stereocenters. The number of aryl methyl sites for hydroxylation is 1. The lowest BCUT2D eigenvalue weighted by Crippen LogP contribution is -2.08. The number of anilines is 1. The average molecular weight is 356 g/mol. The third-order valence-corrected chi connectivity index (χ3v) is 4.88. The minimum Gasteiger partial charge on any atom is -0.363 e. The number of hydrogen-bond donors (Lipinski definition) is 2. The van der Waals surface area contributed by atoms with Crippen LogP contribution in [0.5, 0.6) is 0 Å². The number of hydrogen-bond acceptors (Lipinski definition) is 3. The molecule has 136 valence electrons. The monoisotopic (exact) mass is 356 g/mol. The molecule has 0 aliphatic rings. The van der Waals surface area contributed by atoms with E-state index in [0.717, 1.165) is 41.0 Å². The highest BCUT2D eigenvalue weighted by molar-refractivity contribution is 5.91. The zero-order valence-electron chi connectivity index (χ0n) is 15.7. The Balaban J connectivity index is 1.64. The predicted molar refractivity (Wildman–Crippen MR) is 112 cm³/mol. The highest BCUT2D eigenvalue weighted by atomic mass is 15.1. The molecule has 0 bridgehead atoms. The van der Waals surface area contributed by atoms with Crippen LogP contribution in [0.1, 0.15) is 37.4 Å². The van der Waals surface area contributed by atoms with Crippen LogP contribution in [-0.2, 0) is 6.42 Å². The minimum absolute atomic E-state index is 0.163. The van der Waals surface area contributed by atoms with Gasteiger partial charge >= 0.3 is 0 Å². The van der Waals surface area contributed by atoms with E-state index in [9.17, 15) is 0 Å². The molecule has 2 N–H and O–H groups in total. The normalized spacial score (nSPS) is 12.2. The molecule has 0 aliphatic heterocycles. The number of rotatable bonds is 6.